The van der Waals surface area contributed by atoms with E-state index >= 15 is 0 Å². The summed E-state index contributed by atoms with van der Waals surface area (Å²) >= 11 is 1.63. The Kier molecular flexibility index (Phi) is 3.72. The van der Waals surface area contributed by atoms with E-state index in [9.17, 15) is 4.79 Å². The first-order chi connectivity index (χ1) is 5.34. The van der Waals surface area contributed by atoms with Gasteiger partial charge in [0.2, 0.25) is 0 Å². The molecule has 0 radical (unpaired) electrons. The van der Waals surface area contributed by atoms with Crippen LogP contribution in [0.4, 0.5) is 0 Å². The molecule has 0 amide bonds. The Bertz CT molecular complexity index is 134. The van der Waals surface area contributed by atoms with E-state index in [2.05, 4.69) is 5.32 Å². The molecule has 11 heavy (non-hydrogen) atoms. The summed E-state index contributed by atoms with van der Waals surface area (Å²) in [5, 5.41) is 2.97. The van der Waals surface area contributed by atoms with Crippen molar-refractivity contribution in [2.24, 2.45) is 0 Å². The minimum Gasteiger partial charge on any atom is -0.464 e. The molecule has 0 spiro atoms. The van der Waals surface area contributed by atoms with Crippen LogP contribution in [-0.4, -0.2) is 30.2 Å². The second kappa shape index (κ2) is 4.62. The lowest BCUT2D eigenvalue weighted by Gasteiger charge is -2.20. The highest BCUT2D eigenvalue weighted by molar-refractivity contribution is 8.00. The number of carbonyl (C=O) groups excluding carboxylic acids is 1. The summed E-state index contributed by atoms with van der Waals surface area (Å²) in [5.41, 5.74) is 0. The second-order valence-electron chi connectivity index (χ2n) is 2.31. The van der Waals surface area contributed by atoms with Gasteiger partial charge in [-0.05, 0) is 25.6 Å². The van der Waals surface area contributed by atoms with Gasteiger partial charge in [-0.3, -0.25) is 5.32 Å². The second-order valence-corrected chi connectivity index (χ2v) is 3.52. The molecule has 1 atom stereocenters. The van der Waals surface area contributed by atoms with Crippen LogP contribution in [0.15, 0.2) is 0 Å². The Morgan fingerprint density at radius 1 is 1.82 bits per heavy atom. The van der Waals surface area contributed by atoms with Crippen molar-refractivity contribution in [3.63, 3.8) is 0 Å². The maximum atomic E-state index is 11.1. The molecule has 1 saturated heterocycles. The van der Waals surface area contributed by atoms with Gasteiger partial charge in [-0.2, -0.15) is 0 Å². The molecule has 1 rings (SSSR count). The molecule has 0 aromatic rings. The lowest BCUT2D eigenvalue weighted by molar-refractivity contribution is -0.143. The monoisotopic (exact) mass is 175 g/mol. The predicted octanol–water partition coefficient (Wildman–Crippen LogP) is 0.602. The fourth-order valence-electron chi connectivity index (χ4n) is 0.935. The van der Waals surface area contributed by atoms with E-state index in [4.69, 9.17) is 4.74 Å². The molecule has 0 aliphatic carbocycles. The van der Waals surface area contributed by atoms with Gasteiger partial charge in [0.15, 0.2) is 5.37 Å². The molecule has 1 unspecified atom stereocenters. The van der Waals surface area contributed by atoms with Gasteiger partial charge in [-0.1, -0.05) is 0 Å². The summed E-state index contributed by atoms with van der Waals surface area (Å²) in [6, 6.07) is 0. The first kappa shape index (κ1) is 8.87. The summed E-state index contributed by atoms with van der Waals surface area (Å²) in [4.78, 5) is 11.1. The third-order valence-corrected chi connectivity index (χ3v) is 2.65. The fraction of sp³-hybridized carbons (Fsp3) is 0.857. The van der Waals surface area contributed by atoms with Crippen LogP contribution in [-0.2, 0) is 9.53 Å². The molecular formula is C7H13NO2S. The zero-order chi connectivity index (χ0) is 8.10. The molecule has 0 aromatic carbocycles. The number of nitrogens with one attached hydrogen (secondary N) is 1. The van der Waals surface area contributed by atoms with Crippen molar-refractivity contribution in [3.8, 4) is 0 Å². The summed E-state index contributed by atoms with van der Waals surface area (Å²) in [7, 11) is 0. The Labute approximate surface area is 70.9 Å². The lowest BCUT2D eigenvalue weighted by atomic mass is 10.4. The van der Waals surface area contributed by atoms with Gasteiger partial charge in [-0.15, -0.1) is 11.8 Å². The van der Waals surface area contributed by atoms with E-state index in [1.165, 1.54) is 0 Å². The van der Waals surface area contributed by atoms with Crippen molar-refractivity contribution < 1.29 is 9.53 Å². The SMILES string of the molecule is CCOC(=O)C1NCCCS1. The molecule has 1 fully saturated rings. The number of esters is 1. The Morgan fingerprint density at radius 3 is 3.18 bits per heavy atom. The number of carbonyl (C=O) groups is 1. The van der Waals surface area contributed by atoms with Crippen molar-refractivity contribution in [3.05, 3.63) is 0 Å². The summed E-state index contributed by atoms with van der Waals surface area (Å²) in [6.45, 7) is 3.22. The van der Waals surface area contributed by atoms with Crippen LogP contribution in [0.1, 0.15) is 13.3 Å². The van der Waals surface area contributed by atoms with Gasteiger partial charge in [0.1, 0.15) is 0 Å². The van der Waals surface area contributed by atoms with E-state index in [1.807, 2.05) is 6.92 Å². The number of ether oxygens (including phenoxy) is 1. The van der Waals surface area contributed by atoms with Crippen LogP contribution in [0.3, 0.4) is 0 Å². The molecule has 1 aliphatic rings. The molecule has 4 heteroatoms. The van der Waals surface area contributed by atoms with Gasteiger partial charge in [0.25, 0.3) is 0 Å². The van der Waals surface area contributed by atoms with E-state index in [1.54, 1.807) is 11.8 Å². The number of thioether (sulfide) groups is 1. The minimum atomic E-state index is -0.128. The number of rotatable bonds is 2. The topological polar surface area (TPSA) is 38.3 Å². The van der Waals surface area contributed by atoms with Crippen LogP contribution in [0, 0.1) is 0 Å². The average Bonchev–Trinajstić information content (AvgIpc) is 2.07. The quantitative estimate of drug-likeness (QED) is 0.624. The van der Waals surface area contributed by atoms with E-state index < -0.39 is 0 Å². The van der Waals surface area contributed by atoms with Crippen molar-refractivity contribution in [2.45, 2.75) is 18.7 Å². The molecule has 1 heterocycles. The molecule has 0 saturated carbocycles. The summed E-state index contributed by atoms with van der Waals surface area (Å²) in [6.07, 6.45) is 1.14. The molecule has 3 nitrogen and oxygen atoms in total. The predicted molar refractivity (Wildman–Crippen MR) is 45.5 cm³/mol. The summed E-state index contributed by atoms with van der Waals surface area (Å²) in [5.74, 6) is 0.924. The standard InChI is InChI=1S/C7H13NO2S/c1-2-10-7(9)6-8-4-3-5-11-6/h6,8H,2-5H2,1H3. The van der Waals surface area contributed by atoms with Crippen LogP contribution >= 0.6 is 11.8 Å². The van der Waals surface area contributed by atoms with Crippen LogP contribution in [0.5, 0.6) is 0 Å². The van der Waals surface area contributed by atoms with Crippen LogP contribution in [0.25, 0.3) is 0 Å². The number of hydrogen-bond acceptors (Lipinski definition) is 4. The Balaban J connectivity index is 2.27. The first-order valence-corrected chi connectivity index (χ1v) is 4.91. The largest absolute Gasteiger partial charge is 0.464 e. The first-order valence-electron chi connectivity index (χ1n) is 3.86. The smallest absolute Gasteiger partial charge is 0.333 e. The van der Waals surface area contributed by atoms with Gasteiger partial charge in [0, 0.05) is 0 Å². The molecule has 1 N–H and O–H groups in total. The Morgan fingerprint density at radius 2 is 2.64 bits per heavy atom. The van der Waals surface area contributed by atoms with E-state index in [0.29, 0.717) is 6.61 Å². The maximum absolute atomic E-state index is 11.1. The molecule has 64 valence electrons. The van der Waals surface area contributed by atoms with Crippen molar-refractivity contribution >= 4 is 17.7 Å². The zero-order valence-corrected chi connectivity index (χ0v) is 7.45. The van der Waals surface area contributed by atoms with Crippen LogP contribution < -0.4 is 5.32 Å². The van der Waals surface area contributed by atoms with Crippen molar-refractivity contribution in [1.82, 2.24) is 5.32 Å². The van der Waals surface area contributed by atoms with Gasteiger partial charge >= 0.3 is 5.97 Å². The highest BCUT2D eigenvalue weighted by atomic mass is 32.2. The lowest BCUT2D eigenvalue weighted by Crippen LogP contribution is -2.39. The molecule has 0 aromatic heterocycles. The van der Waals surface area contributed by atoms with E-state index in [0.717, 1.165) is 18.7 Å². The van der Waals surface area contributed by atoms with Gasteiger partial charge < -0.3 is 4.74 Å². The highest BCUT2D eigenvalue weighted by Gasteiger charge is 2.21. The molecule has 0 bridgehead atoms. The zero-order valence-electron chi connectivity index (χ0n) is 6.63. The van der Waals surface area contributed by atoms with Gasteiger partial charge in [-0.25, -0.2) is 4.79 Å². The normalized spacial score (nSPS) is 24.6. The van der Waals surface area contributed by atoms with E-state index in [-0.39, 0.29) is 11.3 Å². The molecule has 1 aliphatic heterocycles. The molecular weight excluding hydrogens is 162 g/mol. The third kappa shape index (κ3) is 2.71. The van der Waals surface area contributed by atoms with Crippen molar-refractivity contribution in [1.29, 1.82) is 0 Å². The fourth-order valence-corrected chi connectivity index (χ4v) is 1.92. The third-order valence-electron chi connectivity index (χ3n) is 1.44. The number of hydrogen-bond donors (Lipinski definition) is 1. The Hall–Kier alpha value is -0.220. The van der Waals surface area contributed by atoms with Gasteiger partial charge in [0.05, 0.1) is 6.61 Å². The maximum Gasteiger partial charge on any atom is 0.333 e. The minimum absolute atomic E-state index is 0.122. The highest BCUT2D eigenvalue weighted by Crippen LogP contribution is 2.15. The average molecular weight is 175 g/mol. The van der Waals surface area contributed by atoms with Crippen LogP contribution in [0.2, 0.25) is 0 Å². The summed E-state index contributed by atoms with van der Waals surface area (Å²) < 4.78 is 4.86. The van der Waals surface area contributed by atoms with Crippen molar-refractivity contribution in [2.75, 3.05) is 18.9 Å².